The molecule has 3 unspecified atom stereocenters. The number of nitrogens with one attached hydrogen (secondary N) is 2. The molecule has 0 saturated carbocycles. The Labute approximate surface area is 148 Å². The topological polar surface area (TPSA) is 75.3 Å². The van der Waals surface area contributed by atoms with Crippen LogP contribution in [0.2, 0.25) is 0 Å². The molecule has 0 radical (unpaired) electrons. The zero-order valence-corrected chi connectivity index (χ0v) is 15.4. The molecule has 1 aliphatic rings. The molecular weight excluding hydrogens is 355 g/mol. The van der Waals surface area contributed by atoms with Crippen LogP contribution in [0.15, 0.2) is 29.2 Å². The summed E-state index contributed by atoms with van der Waals surface area (Å²) in [6, 6.07) is 4.75. The van der Waals surface area contributed by atoms with Gasteiger partial charge >= 0.3 is 0 Å². The molecule has 1 heterocycles. The molecule has 3 atom stereocenters. The second-order valence-corrected chi connectivity index (χ2v) is 8.52. The molecule has 2 N–H and O–H groups in total. The normalized spacial score (nSPS) is 22.3. The number of amides is 1. The van der Waals surface area contributed by atoms with Crippen molar-refractivity contribution < 1.29 is 17.6 Å². The van der Waals surface area contributed by atoms with E-state index in [4.69, 9.17) is 0 Å². The van der Waals surface area contributed by atoms with Crippen molar-refractivity contribution in [2.24, 2.45) is 5.92 Å². The summed E-state index contributed by atoms with van der Waals surface area (Å²) >= 11 is 0. The molecule has 0 spiro atoms. The van der Waals surface area contributed by atoms with Crippen LogP contribution in [-0.4, -0.2) is 38.7 Å². The third-order valence-corrected chi connectivity index (χ3v) is 6.43. The van der Waals surface area contributed by atoms with Crippen molar-refractivity contribution in [3.63, 3.8) is 0 Å². The summed E-state index contributed by atoms with van der Waals surface area (Å²) in [6.45, 7) is 5.24. The SMILES string of the molecule is CC1CNCCC1NC(=O)CC(C)S(=O)(=O)c1ccc(F)cc1.Cl. The van der Waals surface area contributed by atoms with Gasteiger partial charge in [0.1, 0.15) is 5.82 Å². The molecule has 0 aromatic heterocycles. The molecule has 2 rings (SSSR count). The van der Waals surface area contributed by atoms with Crippen LogP contribution in [0, 0.1) is 11.7 Å². The van der Waals surface area contributed by atoms with Crippen molar-refractivity contribution in [2.45, 2.75) is 42.9 Å². The quantitative estimate of drug-likeness (QED) is 0.767. The average molecular weight is 379 g/mol. The molecule has 1 aromatic rings. The van der Waals surface area contributed by atoms with E-state index >= 15 is 0 Å². The molecule has 1 saturated heterocycles. The van der Waals surface area contributed by atoms with Crippen LogP contribution < -0.4 is 10.6 Å². The van der Waals surface area contributed by atoms with Crippen molar-refractivity contribution >= 4 is 28.2 Å². The number of halogens is 2. The van der Waals surface area contributed by atoms with Crippen molar-refractivity contribution in [2.75, 3.05) is 13.1 Å². The number of piperidine rings is 1. The van der Waals surface area contributed by atoms with Crippen LogP contribution in [0.3, 0.4) is 0 Å². The Morgan fingerprint density at radius 2 is 2.00 bits per heavy atom. The summed E-state index contributed by atoms with van der Waals surface area (Å²) in [5.74, 6) is -0.437. The van der Waals surface area contributed by atoms with Gasteiger partial charge < -0.3 is 10.6 Å². The van der Waals surface area contributed by atoms with E-state index in [1.54, 1.807) is 0 Å². The standard InChI is InChI=1S/C16H23FN2O3S.ClH/c1-11-10-18-8-7-15(11)19-16(20)9-12(2)23(21,22)14-5-3-13(17)4-6-14;/h3-6,11-12,15,18H,7-10H2,1-2H3,(H,19,20);1H. The van der Waals surface area contributed by atoms with Crippen LogP contribution in [-0.2, 0) is 14.6 Å². The van der Waals surface area contributed by atoms with E-state index < -0.39 is 20.9 Å². The predicted molar refractivity (Wildman–Crippen MR) is 93.5 cm³/mol. The number of rotatable bonds is 5. The fourth-order valence-corrected chi connectivity index (χ4v) is 4.07. The highest BCUT2D eigenvalue weighted by molar-refractivity contribution is 7.92. The van der Waals surface area contributed by atoms with Gasteiger partial charge in [-0.15, -0.1) is 12.4 Å². The first-order valence-corrected chi connectivity index (χ1v) is 9.35. The number of hydrogen-bond donors (Lipinski definition) is 2. The van der Waals surface area contributed by atoms with E-state index in [2.05, 4.69) is 17.6 Å². The first-order valence-electron chi connectivity index (χ1n) is 7.80. The van der Waals surface area contributed by atoms with Gasteiger partial charge in [-0.1, -0.05) is 6.92 Å². The van der Waals surface area contributed by atoms with Gasteiger partial charge in [0, 0.05) is 12.5 Å². The Morgan fingerprint density at radius 1 is 1.38 bits per heavy atom. The van der Waals surface area contributed by atoms with E-state index in [0.29, 0.717) is 5.92 Å². The third kappa shape index (κ3) is 5.16. The van der Waals surface area contributed by atoms with Gasteiger partial charge in [-0.3, -0.25) is 4.79 Å². The van der Waals surface area contributed by atoms with Crippen LogP contribution in [0.4, 0.5) is 4.39 Å². The number of carbonyl (C=O) groups excluding carboxylic acids is 1. The molecule has 136 valence electrons. The zero-order chi connectivity index (χ0) is 17.0. The highest BCUT2D eigenvalue weighted by Crippen LogP contribution is 2.19. The minimum Gasteiger partial charge on any atom is -0.353 e. The summed E-state index contributed by atoms with van der Waals surface area (Å²) in [6.07, 6.45) is 0.738. The van der Waals surface area contributed by atoms with Crippen molar-refractivity contribution in [3.8, 4) is 0 Å². The maximum Gasteiger partial charge on any atom is 0.221 e. The first kappa shape index (κ1) is 20.9. The monoisotopic (exact) mass is 378 g/mol. The Balaban J connectivity index is 0.00000288. The Hall–Kier alpha value is -1.18. The van der Waals surface area contributed by atoms with E-state index in [-0.39, 0.29) is 35.7 Å². The molecule has 1 fully saturated rings. The molecular formula is C16H24ClFN2O3S. The molecule has 5 nitrogen and oxygen atoms in total. The second-order valence-electron chi connectivity index (χ2n) is 6.16. The smallest absolute Gasteiger partial charge is 0.221 e. The molecule has 8 heteroatoms. The van der Waals surface area contributed by atoms with Crippen LogP contribution in [0.25, 0.3) is 0 Å². The highest BCUT2D eigenvalue weighted by atomic mass is 35.5. The van der Waals surface area contributed by atoms with E-state index in [9.17, 15) is 17.6 Å². The minimum absolute atomic E-state index is 0. The van der Waals surface area contributed by atoms with Crippen LogP contribution in [0.1, 0.15) is 26.7 Å². The lowest BCUT2D eigenvalue weighted by Gasteiger charge is -2.30. The van der Waals surface area contributed by atoms with Gasteiger partial charge in [-0.2, -0.15) is 0 Å². The Bertz CT molecular complexity index is 652. The number of benzene rings is 1. The Morgan fingerprint density at radius 3 is 2.58 bits per heavy atom. The fourth-order valence-electron chi connectivity index (χ4n) is 2.72. The van der Waals surface area contributed by atoms with Gasteiger partial charge in [0.2, 0.25) is 5.91 Å². The molecule has 0 bridgehead atoms. The number of carbonyl (C=O) groups is 1. The summed E-state index contributed by atoms with van der Waals surface area (Å²) in [5.41, 5.74) is 0. The van der Waals surface area contributed by atoms with Gasteiger partial charge in [0.05, 0.1) is 10.1 Å². The average Bonchev–Trinajstić information content (AvgIpc) is 2.50. The number of sulfone groups is 1. The lowest BCUT2D eigenvalue weighted by atomic mass is 9.95. The lowest BCUT2D eigenvalue weighted by Crippen LogP contribution is -2.49. The summed E-state index contributed by atoms with van der Waals surface area (Å²) in [4.78, 5) is 12.2. The van der Waals surface area contributed by atoms with Crippen molar-refractivity contribution in [1.82, 2.24) is 10.6 Å². The Kier molecular flexibility index (Phi) is 7.63. The van der Waals surface area contributed by atoms with Gasteiger partial charge in [0.15, 0.2) is 9.84 Å². The lowest BCUT2D eigenvalue weighted by molar-refractivity contribution is -0.122. The van der Waals surface area contributed by atoms with Crippen LogP contribution in [0.5, 0.6) is 0 Å². The highest BCUT2D eigenvalue weighted by Gasteiger charge is 2.28. The first-order chi connectivity index (χ1) is 10.8. The maximum absolute atomic E-state index is 12.9. The predicted octanol–water partition coefficient (Wildman–Crippen LogP) is 1.91. The van der Waals surface area contributed by atoms with Crippen molar-refractivity contribution in [3.05, 3.63) is 30.1 Å². The summed E-state index contributed by atoms with van der Waals surface area (Å²) < 4.78 is 37.8. The minimum atomic E-state index is -3.64. The largest absolute Gasteiger partial charge is 0.353 e. The van der Waals surface area contributed by atoms with Gasteiger partial charge in [-0.25, -0.2) is 12.8 Å². The van der Waals surface area contributed by atoms with Gasteiger partial charge in [0.25, 0.3) is 0 Å². The van der Waals surface area contributed by atoms with E-state index in [1.165, 1.54) is 19.1 Å². The van der Waals surface area contributed by atoms with Crippen LogP contribution >= 0.6 is 12.4 Å². The van der Waals surface area contributed by atoms with E-state index in [1.807, 2.05) is 0 Å². The molecule has 1 aromatic carbocycles. The molecule has 1 aliphatic heterocycles. The van der Waals surface area contributed by atoms with Gasteiger partial charge in [-0.05, 0) is 56.6 Å². The van der Waals surface area contributed by atoms with E-state index in [0.717, 1.165) is 31.6 Å². The second kappa shape index (κ2) is 8.78. The summed E-state index contributed by atoms with van der Waals surface area (Å²) in [5, 5.41) is 5.32. The zero-order valence-electron chi connectivity index (χ0n) is 13.8. The third-order valence-electron chi connectivity index (χ3n) is 4.28. The molecule has 24 heavy (non-hydrogen) atoms. The molecule has 1 amide bonds. The fraction of sp³-hybridized carbons (Fsp3) is 0.562. The summed E-state index contributed by atoms with van der Waals surface area (Å²) in [7, 11) is -3.64. The maximum atomic E-state index is 12.9. The van der Waals surface area contributed by atoms with Crippen molar-refractivity contribution in [1.29, 1.82) is 0 Å². The number of hydrogen-bond acceptors (Lipinski definition) is 4. The molecule has 0 aliphatic carbocycles.